The highest BCUT2D eigenvalue weighted by Crippen LogP contribution is 2.12. The fourth-order valence-electron chi connectivity index (χ4n) is 2.12. The smallest absolute Gasteiger partial charge is 0.318 e. The Hall–Kier alpha value is -1.30. The second-order valence-electron chi connectivity index (χ2n) is 4.76. The van der Waals surface area contributed by atoms with Crippen molar-refractivity contribution >= 4 is 11.9 Å². The van der Waals surface area contributed by atoms with E-state index in [2.05, 4.69) is 5.32 Å². The molecule has 2 fully saturated rings. The summed E-state index contributed by atoms with van der Waals surface area (Å²) in [7, 11) is 1.75. The second kappa shape index (κ2) is 4.91. The van der Waals surface area contributed by atoms with Crippen molar-refractivity contribution in [1.29, 1.82) is 0 Å². The Balaban J connectivity index is 1.82. The first-order valence-corrected chi connectivity index (χ1v) is 5.97. The molecule has 0 saturated carbocycles. The van der Waals surface area contributed by atoms with E-state index in [9.17, 15) is 9.59 Å². The number of urea groups is 1. The zero-order chi connectivity index (χ0) is 12.4. The molecule has 2 aliphatic heterocycles. The number of carbonyl (C=O) groups is 2. The van der Waals surface area contributed by atoms with Gasteiger partial charge in [-0.05, 0) is 13.3 Å². The summed E-state index contributed by atoms with van der Waals surface area (Å²) >= 11 is 0. The van der Waals surface area contributed by atoms with E-state index in [0.717, 1.165) is 6.42 Å². The first-order valence-electron chi connectivity index (χ1n) is 5.97. The molecule has 0 aromatic carbocycles. The lowest BCUT2D eigenvalue weighted by atomic mass is 10.2. The number of ether oxygens (including phenoxy) is 1. The Morgan fingerprint density at radius 3 is 2.82 bits per heavy atom. The Labute approximate surface area is 101 Å². The molecule has 2 heterocycles. The summed E-state index contributed by atoms with van der Waals surface area (Å²) in [6.45, 7) is 3.92. The van der Waals surface area contributed by atoms with E-state index in [0.29, 0.717) is 19.7 Å². The van der Waals surface area contributed by atoms with E-state index in [1.165, 1.54) is 0 Å². The molecule has 0 bridgehead atoms. The maximum atomic E-state index is 11.9. The fourth-order valence-corrected chi connectivity index (χ4v) is 2.12. The van der Waals surface area contributed by atoms with Crippen LogP contribution in [0.3, 0.4) is 0 Å². The molecular weight excluding hydrogens is 222 g/mol. The van der Waals surface area contributed by atoms with Crippen molar-refractivity contribution in [2.24, 2.45) is 0 Å². The lowest BCUT2D eigenvalue weighted by Crippen LogP contribution is -2.55. The van der Waals surface area contributed by atoms with Gasteiger partial charge in [-0.25, -0.2) is 4.79 Å². The van der Waals surface area contributed by atoms with Crippen molar-refractivity contribution in [3.63, 3.8) is 0 Å². The molecule has 0 spiro atoms. The van der Waals surface area contributed by atoms with E-state index in [1.807, 2.05) is 6.92 Å². The van der Waals surface area contributed by atoms with E-state index in [4.69, 9.17) is 4.74 Å². The summed E-state index contributed by atoms with van der Waals surface area (Å²) in [5.41, 5.74) is 0. The van der Waals surface area contributed by atoms with E-state index in [1.54, 1.807) is 16.8 Å². The first kappa shape index (κ1) is 12.2. The van der Waals surface area contributed by atoms with Crippen molar-refractivity contribution in [1.82, 2.24) is 15.1 Å². The molecule has 2 atom stereocenters. The van der Waals surface area contributed by atoms with Gasteiger partial charge < -0.3 is 19.9 Å². The Bertz CT molecular complexity index is 321. The Kier molecular flexibility index (Phi) is 3.51. The average molecular weight is 241 g/mol. The maximum absolute atomic E-state index is 11.9. The minimum absolute atomic E-state index is 0.0116. The van der Waals surface area contributed by atoms with Crippen molar-refractivity contribution in [2.75, 3.05) is 33.3 Å². The van der Waals surface area contributed by atoms with E-state index < -0.39 is 0 Å². The number of nitrogens with one attached hydrogen (secondary N) is 1. The van der Waals surface area contributed by atoms with Crippen LogP contribution in [-0.2, 0) is 9.53 Å². The lowest BCUT2D eigenvalue weighted by Gasteiger charge is -2.32. The molecule has 2 rings (SSSR count). The summed E-state index contributed by atoms with van der Waals surface area (Å²) < 4.78 is 5.38. The topological polar surface area (TPSA) is 61.9 Å². The van der Waals surface area contributed by atoms with Crippen LogP contribution in [0.4, 0.5) is 4.79 Å². The highest BCUT2D eigenvalue weighted by Gasteiger charge is 2.28. The number of nitrogens with zero attached hydrogens (tertiary/aromatic N) is 2. The van der Waals surface area contributed by atoms with Crippen LogP contribution in [0.15, 0.2) is 0 Å². The van der Waals surface area contributed by atoms with Crippen LogP contribution in [0.5, 0.6) is 0 Å². The van der Waals surface area contributed by atoms with E-state index >= 15 is 0 Å². The number of hydrogen-bond donors (Lipinski definition) is 1. The predicted octanol–water partition coefficient (Wildman–Crippen LogP) is -0.353. The van der Waals surface area contributed by atoms with Crippen molar-refractivity contribution < 1.29 is 14.3 Å². The molecule has 2 saturated heterocycles. The summed E-state index contributed by atoms with van der Waals surface area (Å²) in [5.74, 6) is -0.0116. The first-order chi connectivity index (χ1) is 8.06. The third-order valence-corrected chi connectivity index (χ3v) is 3.27. The van der Waals surface area contributed by atoms with Gasteiger partial charge in [-0.15, -0.1) is 0 Å². The number of carbonyl (C=O) groups excluding carboxylic acids is 2. The molecule has 17 heavy (non-hydrogen) atoms. The minimum Gasteiger partial charge on any atom is -0.376 e. The van der Waals surface area contributed by atoms with Gasteiger partial charge in [0.2, 0.25) is 5.91 Å². The average Bonchev–Trinajstić information content (AvgIpc) is 2.68. The van der Waals surface area contributed by atoms with Crippen LogP contribution >= 0.6 is 0 Å². The number of rotatable bonds is 1. The van der Waals surface area contributed by atoms with Crippen molar-refractivity contribution in [2.45, 2.75) is 25.5 Å². The molecule has 1 N–H and O–H groups in total. The van der Waals surface area contributed by atoms with Gasteiger partial charge in [0.15, 0.2) is 0 Å². The third-order valence-electron chi connectivity index (χ3n) is 3.27. The predicted molar refractivity (Wildman–Crippen MR) is 61.6 cm³/mol. The molecule has 2 unspecified atom stereocenters. The van der Waals surface area contributed by atoms with Crippen molar-refractivity contribution in [3.05, 3.63) is 0 Å². The quantitative estimate of drug-likeness (QED) is 0.682. The van der Waals surface area contributed by atoms with Gasteiger partial charge in [-0.3, -0.25) is 4.79 Å². The van der Waals surface area contributed by atoms with Gasteiger partial charge in [0.25, 0.3) is 0 Å². The second-order valence-corrected chi connectivity index (χ2v) is 4.76. The molecule has 6 nitrogen and oxygen atoms in total. The number of likely N-dealkylation sites (N-methyl/N-ethyl adjacent to an activating group) is 1. The third kappa shape index (κ3) is 2.88. The molecule has 0 aliphatic carbocycles. The van der Waals surface area contributed by atoms with Gasteiger partial charge in [0.05, 0.1) is 18.8 Å². The van der Waals surface area contributed by atoms with Gasteiger partial charge >= 0.3 is 6.03 Å². The highest BCUT2D eigenvalue weighted by molar-refractivity contribution is 5.85. The fraction of sp³-hybridized carbons (Fsp3) is 0.818. The van der Waals surface area contributed by atoms with Crippen LogP contribution in [0.25, 0.3) is 0 Å². The van der Waals surface area contributed by atoms with E-state index in [-0.39, 0.29) is 30.6 Å². The number of amides is 3. The van der Waals surface area contributed by atoms with Crippen LogP contribution in [0.1, 0.15) is 13.3 Å². The van der Waals surface area contributed by atoms with Crippen LogP contribution in [0.2, 0.25) is 0 Å². The molecular formula is C11H19N3O3. The molecule has 0 aromatic heterocycles. The summed E-state index contributed by atoms with van der Waals surface area (Å²) in [4.78, 5) is 26.6. The maximum Gasteiger partial charge on any atom is 0.318 e. The minimum atomic E-state index is -0.158. The molecule has 6 heteroatoms. The monoisotopic (exact) mass is 241 g/mol. The molecule has 0 radical (unpaired) electrons. The summed E-state index contributed by atoms with van der Waals surface area (Å²) in [6.07, 6.45) is 1.04. The molecule has 3 amide bonds. The number of hydrogen-bond acceptors (Lipinski definition) is 3. The largest absolute Gasteiger partial charge is 0.376 e. The van der Waals surface area contributed by atoms with Crippen LogP contribution in [0, 0.1) is 0 Å². The zero-order valence-electron chi connectivity index (χ0n) is 10.3. The summed E-state index contributed by atoms with van der Waals surface area (Å²) in [6, 6.07) is -0.0820. The molecule has 2 aliphatic rings. The Morgan fingerprint density at radius 1 is 1.47 bits per heavy atom. The van der Waals surface area contributed by atoms with Crippen LogP contribution < -0.4 is 5.32 Å². The van der Waals surface area contributed by atoms with Gasteiger partial charge in [0.1, 0.15) is 6.54 Å². The SMILES string of the molecule is CC1CC(NC(=O)N2CCN(C)C(=O)C2)CO1. The zero-order valence-corrected chi connectivity index (χ0v) is 10.3. The molecule has 96 valence electrons. The van der Waals surface area contributed by atoms with Gasteiger partial charge in [-0.1, -0.05) is 0 Å². The number of piperazine rings is 1. The van der Waals surface area contributed by atoms with Gasteiger partial charge in [0, 0.05) is 20.1 Å². The standard InChI is InChI=1S/C11H19N3O3/c1-8-5-9(7-17-8)12-11(16)14-4-3-13(2)10(15)6-14/h8-9H,3-7H2,1-2H3,(H,12,16). The normalized spacial score (nSPS) is 29.6. The Morgan fingerprint density at radius 2 is 2.24 bits per heavy atom. The van der Waals surface area contributed by atoms with Crippen LogP contribution in [-0.4, -0.2) is 67.2 Å². The highest BCUT2D eigenvalue weighted by atomic mass is 16.5. The summed E-state index contributed by atoms with van der Waals surface area (Å²) in [5, 5.41) is 2.91. The lowest BCUT2D eigenvalue weighted by molar-refractivity contribution is -0.133. The molecule has 0 aromatic rings. The van der Waals surface area contributed by atoms with Crippen molar-refractivity contribution in [3.8, 4) is 0 Å². The van der Waals surface area contributed by atoms with Gasteiger partial charge in [-0.2, -0.15) is 0 Å².